The molecular weight excluding hydrogens is 128 g/mol. The molecular formula is C4H8F3Na. The minimum atomic E-state index is -3.95. The van der Waals surface area contributed by atoms with Crippen LogP contribution in [0.1, 0.15) is 21.2 Å². The van der Waals surface area contributed by atoms with E-state index in [0.29, 0.717) is 0 Å². The van der Waals surface area contributed by atoms with Crippen molar-refractivity contribution >= 4 is 0 Å². The van der Waals surface area contributed by atoms with Crippen molar-refractivity contribution in [2.45, 2.75) is 25.9 Å². The molecule has 4 heteroatoms. The van der Waals surface area contributed by atoms with Crippen molar-refractivity contribution in [1.82, 2.24) is 0 Å². The molecule has 0 aromatic rings. The van der Waals surface area contributed by atoms with Gasteiger partial charge in [0.15, 0.2) is 0 Å². The number of hydrogen-bond acceptors (Lipinski definition) is 0. The minimum absolute atomic E-state index is 0. The third kappa shape index (κ3) is 9.92. The van der Waals surface area contributed by atoms with E-state index < -0.39 is 12.6 Å². The molecule has 46 valence electrons. The van der Waals surface area contributed by atoms with Crippen molar-refractivity contribution < 1.29 is 44.2 Å². The van der Waals surface area contributed by atoms with E-state index in [2.05, 4.69) is 0 Å². The average Bonchev–Trinajstić information content (AvgIpc) is 1.30. The van der Waals surface area contributed by atoms with Crippen LogP contribution in [-0.4, -0.2) is 6.18 Å². The Bertz CT molecular complexity index is 54.3. The third-order valence-corrected chi connectivity index (χ3v) is 0.533. The van der Waals surface area contributed by atoms with E-state index in [0.717, 1.165) is 0 Å². The largest absolute Gasteiger partial charge is 1.00 e. The molecule has 0 nitrogen and oxygen atoms in total. The predicted molar refractivity (Wildman–Crippen MR) is 22.1 cm³/mol. The molecule has 0 N–H and O–H groups in total. The third-order valence-electron chi connectivity index (χ3n) is 0.533. The van der Waals surface area contributed by atoms with Crippen LogP contribution in [0.25, 0.3) is 0 Å². The zero-order chi connectivity index (χ0) is 5.91. The molecule has 0 aliphatic carbocycles. The first-order valence-electron chi connectivity index (χ1n) is 2.13. The fourth-order valence-electron chi connectivity index (χ4n) is 0.283. The Balaban J connectivity index is -0.000000180. The van der Waals surface area contributed by atoms with E-state index in [4.69, 9.17) is 0 Å². The van der Waals surface area contributed by atoms with Gasteiger partial charge in [-0.05, 0) is 6.42 Å². The molecule has 0 aliphatic rings. The van der Waals surface area contributed by atoms with E-state index in [1.54, 1.807) is 0 Å². The Morgan fingerprint density at radius 1 is 1.38 bits per heavy atom. The Morgan fingerprint density at radius 3 is 1.75 bits per heavy atom. The summed E-state index contributed by atoms with van der Waals surface area (Å²) in [6.07, 6.45) is -4.43. The van der Waals surface area contributed by atoms with Crippen molar-refractivity contribution in [3.05, 3.63) is 0 Å². The molecule has 0 amide bonds. The van der Waals surface area contributed by atoms with E-state index in [1.165, 1.54) is 6.92 Å². The molecule has 0 unspecified atom stereocenters. The first kappa shape index (κ1) is 11.6. The standard InChI is InChI=1S/C4H7F3.Na.H/c1-2-3-4(5,6)7;;/h2-3H2,1H3;;/q;+1;-1. The fourth-order valence-corrected chi connectivity index (χ4v) is 0.283. The van der Waals surface area contributed by atoms with Gasteiger partial charge in [-0.3, -0.25) is 0 Å². The van der Waals surface area contributed by atoms with Gasteiger partial charge in [0.05, 0.1) is 0 Å². The first-order chi connectivity index (χ1) is 3.06. The topological polar surface area (TPSA) is 0 Å². The Kier molecular flexibility index (Phi) is 6.72. The van der Waals surface area contributed by atoms with Gasteiger partial charge in [-0.2, -0.15) is 13.2 Å². The monoisotopic (exact) mass is 136 g/mol. The smallest absolute Gasteiger partial charge is 1.00 e. The van der Waals surface area contributed by atoms with Gasteiger partial charge in [-0.25, -0.2) is 0 Å². The van der Waals surface area contributed by atoms with Gasteiger partial charge in [0, 0.05) is 6.42 Å². The molecule has 0 aromatic carbocycles. The number of halogens is 3. The molecule has 0 rings (SSSR count). The summed E-state index contributed by atoms with van der Waals surface area (Å²) in [6.45, 7) is 1.51. The van der Waals surface area contributed by atoms with E-state index >= 15 is 0 Å². The predicted octanol–water partition coefficient (Wildman–Crippen LogP) is -0.535. The van der Waals surface area contributed by atoms with Crippen molar-refractivity contribution in [3.8, 4) is 0 Å². The van der Waals surface area contributed by atoms with Gasteiger partial charge in [-0.1, -0.05) is 6.92 Å². The summed E-state index contributed by atoms with van der Waals surface area (Å²) >= 11 is 0. The molecule has 0 bridgehead atoms. The van der Waals surface area contributed by atoms with Crippen LogP contribution in [0.3, 0.4) is 0 Å². The number of rotatable bonds is 1. The van der Waals surface area contributed by atoms with Crippen LogP contribution in [0.4, 0.5) is 13.2 Å². The normalized spacial score (nSPS) is 10.5. The van der Waals surface area contributed by atoms with Crippen molar-refractivity contribution in [3.63, 3.8) is 0 Å². The molecule has 0 heterocycles. The van der Waals surface area contributed by atoms with Gasteiger partial charge in [0.25, 0.3) is 0 Å². The second-order valence-electron chi connectivity index (χ2n) is 1.37. The molecule has 0 saturated carbocycles. The van der Waals surface area contributed by atoms with E-state index in [1.807, 2.05) is 0 Å². The maximum absolute atomic E-state index is 11.1. The molecule has 0 saturated heterocycles. The summed E-state index contributed by atoms with van der Waals surface area (Å²) in [5.74, 6) is 0. The van der Waals surface area contributed by atoms with Gasteiger partial charge in [-0.15, -0.1) is 0 Å². The van der Waals surface area contributed by atoms with Crippen LogP contribution < -0.4 is 29.6 Å². The van der Waals surface area contributed by atoms with E-state index in [-0.39, 0.29) is 37.4 Å². The van der Waals surface area contributed by atoms with Gasteiger partial charge < -0.3 is 1.43 Å². The molecule has 0 atom stereocenters. The van der Waals surface area contributed by atoms with Crippen molar-refractivity contribution in [1.29, 1.82) is 0 Å². The fraction of sp³-hybridized carbons (Fsp3) is 1.00. The van der Waals surface area contributed by atoms with Gasteiger partial charge in [0.1, 0.15) is 0 Å². The maximum atomic E-state index is 11.1. The summed E-state index contributed by atoms with van der Waals surface area (Å²) in [5.41, 5.74) is 0. The average molecular weight is 136 g/mol. The maximum Gasteiger partial charge on any atom is 1.00 e. The van der Waals surface area contributed by atoms with Crippen LogP contribution in [0.2, 0.25) is 0 Å². The molecule has 0 radical (unpaired) electrons. The van der Waals surface area contributed by atoms with Gasteiger partial charge in [0.2, 0.25) is 0 Å². The second-order valence-corrected chi connectivity index (χ2v) is 1.37. The first-order valence-corrected chi connectivity index (χ1v) is 2.13. The number of alkyl halides is 3. The SMILES string of the molecule is CCCC(F)(F)F.[H-].[Na+]. The zero-order valence-corrected chi connectivity index (χ0v) is 7.05. The molecule has 8 heavy (non-hydrogen) atoms. The second kappa shape index (κ2) is 4.65. The molecule has 0 spiro atoms. The van der Waals surface area contributed by atoms with Crippen LogP contribution >= 0.6 is 0 Å². The summed E-state index contributed by atoms with van der Waals surface area (Å²) in [6, 6.07) is 0. The van der Waals surface area contributed by atoms with Gasteiger partial charge >= 0.3 is 35.7 Å². The Labute approximate surface area is 70.2 Å². The summed E-state index contributed by atoms with van der Waals surface area (Å²) < 4.78 is 33.2. The van der Waals surface area contributed by atoms with Crippen LogP contribution in [0.15, 0.2) is 0 Å². The zero-order valence-electron chi connectivity index (χ0n) is 6.05. The molecule has 0 aliphatic heterocycles. The molecule has 0 aromatic heterocycles. The summed E-state index contributed by atoms with van der Waals surface area (Å²) in [4.78, 5) is 0. The van der Waals surface area contributed by atoms with Crippen molar-refractivity contribution in [2.24, 2.45) is 0 Å². The molecule has 0 fully saturated rings. The number of hydrogen-bond donors (Lipinski definition) is 0. The minimum Gasteiger partial charge on any atom is -1.00 e. The Hall–Kier alpha value is 0.790. The van der Waals surface area contributed by atoms with Crippen molar-refractivity contribution in [2.75, 3.05) is 0 Å². The summed E-state index contributed by atoms with van der Waals surface area (Å²) in [5, 5.41) is 0. The Morgan fingerprint density at radius 2 is 1.75 bits per heavy atom. The van der Waals surface area contributed by atoms with E-state index in [9.17, 15) is 13.2 Å². The quantitative estimate of drug-likeness (QED) is 0.425. The summed E-state index contributed by atoms with van der Waals surface area (Å²) in [7, 11) is 0. The van der Waals surface area contributed by atoms with Crippen LogP contribution in [0.5, 0.6) is 0 Å². The van der Waals surface area contributed by atoms with Crippen LogP contribution in [0, 0.1) is 0 Å². The van der Waals surface area contributed by atoms with Crippen LogP contribution in [-0.2, 0) is 0 Å².